The fourth-order valence-electron chi connectivity index (χ4n) is 3.50. The lowest BCUT2D eigenvalue weighted by Crippen LogP contribution is -2.25. The molecule has 0 atom stereocenters. The van der Waals surface area contributed by atoms with Gasteiger partial charge in [-0.25, -0.2) is 9.97 Å². The van der Waals surface area contributed by atoms with Crippen LogP contribution in [0.25, 0.3) is 22.6 Å². The van der Waals surface area contributed by atoms with Crippen molar-refractivity contribution in [2.75, 3.05) is 0 Å². The smallest absolute Gasteiger partial charge is 0.251 e. The van der Waals surface area contributed by atoms with Gasteiger partial charge >= 0.3 is 0 Å². The van der Waals surface area contributed by atoms with Crippen LogP contribution in [-0.4, -0.2) is 30.7 Å². The van der Waals surface area contributed by atoms with Gasteiger partial charge in [0.15, 0.2) is 11.3 Å². The topological polar surface area (TPSA) is 63.7 Å². The number of fused-ring (bicyclic) bond motifs is 2. The largest absolute Gasteiger partial charge is 0.349 e. The zero-order valence-electron chi connectivity index (χ0n) is 17.9. The van der Waals surface area contributed by atoms with Gasteiger partial charge in [0.2, 0.25) is 0 Å². The normalized spacial score (nSPS) is 13.1. The third-order valence-corrected chi connectivity index (χ3v) is 6.92. The van der Waals surface area contributed by atoms with E-state index in [-0.39, 0.29) is 5.91 Å². The van der Waals surface area contributed by atoms with Crippen LogP contribution in [0, 0.1) is 0 Å². The van der Waals surface area contributed by atoms with Crippen molar-refractivity contribution in [1.29, 1.82) is 0 Å². The number of halogens is 5. The Morgan fingerprint density at radius 2 is 1.46 bits per heavy atom. The highest BCUT2D eigenvalue weighted by Gasteiger charge is 2.23. The summed E-state index contributed by atoms with van der Waals surface area (Å²) in [6.45, 7) is 0. The Balaban J connectivity index is 0.000000178. The minimum absolute atomic E-state index is 0.0247. The molecule has 1 fully saturated rings. The molecule has 1 saturated carbocycles. The first-order valence-electron chi connectivity index (χ1n) is 10.5. The minimum Gasteiger partial charge on any atom is -0.349 e. The number of imidazole rings is 2. The van der Waals surface area contributed by atoms with Gasteiger partial charge in [0.25, 0.3) is 5.91 Å². The molecule has 11 heteroatoms. The first kappa shape index (κ1) is 24.4. The SMILES string of the molecule is Clc1cc(Cl)c2ncc(Br)n2c1.O=C(NC1CC1)c1ccc(-c2cnc3c(Cl)cc(Cl)cn23)cc1. The van der Waals surface area contributed by atoms with Gasteiger partial charge in [-0.05, 0) is 53.0 Å². The molecule has 5 aromatic rings. The van der Waals surface area contributed by atoms with Crippen molar-refractivity contribution in [3.8, 4) is 11.3 Å². The monoisotopic (exact) mass is 609 g/mol. The first-order valence-corrected chi connectivity index (χ1v) is 12.8. The summed E-state index contributed by atoms with van der Waals surface area (Å²) in [4.78, 5) is 20.4. The van der Waals surface area contributed by atoms with Crippen LogP contribution in [0.2, 0.25) is 20.1 Å². The molecule has 0 spiro atoms. The molecule has 1 aliphatic rings. The van der Waals surface area contributed by atoms with E-state index >= 15 is 0 Å². The maximum absolute atomic E-state index is 12.0. The van der Waals surface area contributed by atoms with Crippen LogP contribution in [-0.2, 0) is 0 Å². The summed E-state index contributed by atoms with van der Waals surface area (Å²) in [5.74, 6) is -0.0247. The van der Waals surface area contributed by atoms with Gasteiger partial charge in [-0.3, -0.25) is 13.6 Å². The average molecular weight is 612 g/mol. The van der Waals surface area contributed by atoms with E-state index in [0.717, 1.165) is 28.7 Å². The molecule has 0 saturated heterocycles. The molecule has 0 unspecified atom stereocenters. The average Bonchev–Trinajstić information content (AvgIpc) is 3.41. The molecule has 1 aliphatic carbocycles. The second-order valence-electron chi connectivity index (χ2n) is 7.95. The van der Waals surface area contributed by atoms with Crippen molar-refractivity contribution in [3.05, 3.63) is 91.4 Å². The summed E-state index contributed by atoms with van der Waals surface area (Å²) >= 11 is 27.2. The third kappa shape index (κ3) is 5.29. The second kappa shape index (κ2) is 9.99. The number of amides is 1. The molecule has 35 heavy (non-hydrogen) atoms. The van der Waals surface area contributed by atoms with E-state index in [4.69, 9.17) is 46.4 Å². The van der Waals surface area contributed by atoms with Crippen LogP contribution >= 0.6 is 62.3 Å². The maximum Gasteiger partial charge on any atom is 0.251 e. The van der Waals surface area contributed by atoms with Crippen molar-refractivity contribution in [2.45, 2.75) is 18.9 Å². The van der Waals surface area contributed by atoms with Gasteiger partial charge in [0, 0.05) is 29.6 Å². The number of carbonyl (C=O) groups excluding carboxylic acids is 1. The summed E-state index contributed by atoms with van der Waals surface area (Å²) in [6.07, 6.45) is 9.10. The molecular weight excluding hydrogens is 596 g/mol. The van der Waals surface area contributed by atoms with Gasteiger partial charge in [-0.1, -0.05) is 58.5 Å². The van der Waals surface area contributed by atoms with Gasteiger partial charge in [0.1, 0.15) is 4.60 Å². The van der Waals surface area contributed by atoms with Crippen LogP contribution in [0.3, 0.4) is 0 Å². The zero-order valence-corrected chi connectivity index (χ0v) is 22.5. The summed E-state index contributed by atoms with van der Waals surface area (Å²) in [5.41, 5.74) is 3.83. The van der Waals surface area contributed by atoms with E-state index < -0.39 is 0 Å². The molecule has 1 amide bonds. The molecule has 1 aromatic carbocycles. The number of aromatic nitrogens is 4. The molecule has 0 bridgehead atoms. The number of carbonyl (C=O) groups is 1. The Labute approximate surface area is 228 Å². The first-order chi connectivity index (χ1) is 16.8. The molecule has 4 aromatic heterocycles. The Kier molecular flexibility index (Phi) is 6.97. The second-order valence-corrected chi connectivity index (χ2v) is 10.4. The summed E-state index contributed by atoms with van der Waals surface area (Å²) in [6, 6.07) is 11.1. The van der Waals surface area contributed by atoms with Crippen LogP contribution < -0.4 is 5.32 Å². The quantitative estimate of drug-likeness (QED) is 0.228. The lowest BCUT2D eigenvalue weighted by atomic mass is 10.1. The van der Waals surface area contributed by atoms with E-state index in [2.05, 4.69) is 31.2 Å². The number of hydrogen-bond acceptors (Lipinski definition) is 3. The fraction of sp³-hybridized carbons (Fsp3) is 0.125. The third-order valence-electron chi connectivity index (χ3n) is 5.37. The van der Waals surface area contributed by atoms with Crippen LogP contribution in [0.1, 0.15) is 23.2 Å². The number of hydrogen-bond donors (Lipinski definition) is 1. The summed E-state index contributed by atoms with van der Waals surface area (Å²) < 4.78 is 4.47. The zero-order chi connectivity index (χ0) is 24.7. The molecule has 6 rings (SSSR count). The van der Waals surface area contributed by atoms with Crippen molar-refractivity contribution in [3.63, 3.8) is 0 Å². The van der Waals surface area contributed by atoms with Crippen LogP contribution in [0.5, 0.6) is 0 Å². The Hall–Kier alpha value is -2.29. The van der Waals surface area contributed by atoms with Gasteiger partial charge in [-0.15, -0.1) is 0 Å². The van der Waals surface area contributed by atoms with Gasteiger partial charge in [-0.2, -0.15) is 0 Å². The van der Waals surface area contributed by atoms with Crippen LogP contribution in [0.4, 0.5) is 0 Å². The lowest BCUT2D eigenvalue weighted by molar-refractivity contribution is 0.0951. The van der Waals surface area contributed by atoms with E-state index in [1.807, 2.05) is 28.7 Å². The van der Waals surface area contributed by atoms with Crippen molar-refractivity contribution < 1.29 is 4.79 Å². The highest BCUT2D eigenvalue weighted by atomic mass is 79.9. The number of nitrogens with zero attached hydrogens (tertiary/aromatic N) is 4. The Bertz CT molecular complexity index is 1560. The fourth-order valence-corrected chi connectivity index (χ4v) is 4.92. The van der Waals surface area contributed by atoms with E-state index in [1.54, 1.807) is 41.3 Å². The molecule has 1 N–H and O–H groups in total. The van der Waals surface area contributed by atoms with E-state index in [9.17, 15) is 4.79 Å². The standard InChI is InChI=1S/C17H13Cl2N3O.C7H3BrCl2N2/c18-12-7-14(19)16-20-8-15(22(16)9-12)10-1-3-11(4-2-10)17(23)21-13-5-6-13;8-6-2-11-7-5(10)1-4(9)3-12(6)7/h1-4,7-9,13H,5-6H2,(H,21,23);1-3H. The maximum atomic E-state index is 12.0. The molecule has 0 radical (unpaired) electrons. The van der Waals surface area contributed by atoms with Crippen molar-refractivity contribution in [2.24, 2.45) is 0 Å². The Morgan fingerprint density at radius 3 is 2.09 bits per heavy atom. The van der Waals surface area contributed by atoms with E-state index in [1.165, 1.54) is 0 Å². The molecule has 4 heterocycles. The summed E-state index contributed by atoms with van der Waals surface area (Å²) in [7, 11) is 0. The number of pyridine rings is 2. The molecule has 178 valence electrons. The predicted molar refractivity (Wildman–Crippen MR) is 144 cm³/mol. The summed E-state index contributed by atoms with van der Waals surface area (Å²) in [5, 5.41) is 5.16. The number of rotatable bonds is 3. The van der Waals surface area contributed by atoms with E-state index in [0.29, 0.717) is 43.0 Å². The van der Waals surface area contributed by atoms with Gasteiger partial charge in [0.05, 0.1) is 38.2 Å². The van der Waals surface area contributed by atoms with Gasteiger partial charge < -0.3 is 5.32 Å². The highest BCUT2D eigenvalue weighted by molar-refractivity contribution is 9.10. The number of benzene rings is 1. The molecule has 6 nitrogen and oxygen atoms in total. The van der Waals surface area contributed by atoms with Crippen molar-refractivity contribution in [1.82, 2.24) is 24.1 Å². The van der Waals surface area contributed by atoms with Crippen LogP contribution in [0.15, 0.2) is 65.8 Å². The molecule has 0 aliphatic heterocycles. The predicted octanol–water partition coefficient (Wildman–Crippen LogP) is 7.60. The Morgan fingerprint density at radius 1 is 0.886 bits per heavy atom. The number of nitrogens with one attached hydrogen (secondary N) is 1. The minimum atomic E-state index is -0.0247. The lowest BCUT2D eigenvalue weighted by Gasteiger charge is -2.06. The highest BCUT2D eigenvalue weighted by Crippen LogP contribution is 2.28. The van der Waals surface area contributed by atoms with Crippen molar-refractivity contribution >= 4 is 79.5 Å². The molecular formula is C24H16BrCl4N5O.